The number of hydrogen-bond acceptors (Lipinski definition) is 3. The van der Waals surface area contributed by atoms with Crippen LogP contribution in [0.25, 0.3) is 0 Å². The van der Waals surface area contributed by atoms with Gasteiger partial charge in [-0.2, -0.15) is 0 Å². The van der Waals surface area contributed by atoms with Crippen molar-refractivity contribution in [3.63, 3.8) is 0 Å². The van der Waals surface area contributed by atoms with E-state index >= 15 is 0 Å². The lowest BCUT2D eigenvalue weighted by Gasteiger charge is -2.04. The molecule has 0 fully saturated rings. The molecule has 1 aromatic rings. The van der Waals surface area contributed by atoms with Crippen LogP contribution in [0.2, 0.25) is 0 Å². The Labute approximate surface area is 99.1 Å². The van der Waals surface area contributed by atoms with E-state index in [-0.39, 0.29) is 24.5 Å². The zero-order valence-electron chi connectivity index (χ0n) is 9.35. The van der Waals surface area contributed by atoms with E-state index in [1.807, 2.05) is 0 Å². The summed E-state index contributed by atoms with van der Waals surface area (Å²) in [5.41, 5.74) is 0.723. The molecule has 0 radical (unpaired) electrons. The molecule has 0 aliphatic rings. The number of hydrogen-bond donors (Lipinski definition) is 3. The Balaban J connectivity index is 2.27. The van der Waals surface area contributed by atoms with Crippen molar-refractivity contribution in [3.05, 3.63) is 29.8 Å². The largest absolute Gasteiger partial charge is 0.508 e. The van der Waals surface area contributed by atoms with Gasteiger partial charge in [0.05, 0.1) is 6.42 Å². The average Bonchev–Trinajstić information content (AvgIpc) is 2.24. The molecule has 0 saturated heterocycles. The fraction of sp³-hybridized carbons (Fsp3) is 0.333. The minimum atomic E-state index is -0.868. The van der Waals surface area contributed by atoms with Gasteiger partial charge in [-0.1, -0.05) is 12.1 Å². The molecule has 3 N–H and O–H groups in total. The lowest BCUT2D eigenvalue weighted by atomic mass is 10.1. The van der Waals surface area contributed by atoms with E-state index in [1.54, 1.807) is 12.1 Å². The number of amides is 1. The molecule has 0 unspecified atom stereocenters. The number of rotatable bonds is 6. The Kier molecular flexibility index (Phi) is 5.00. The molecular formula is C12H15NO4. The number of phenols is 1. The van der Waals surface area contributed by atoms with Gasteiger partial charge >= 0.3 is 5.97 Å². The molecule has 0 bridgehead atoms. The molecule has 0 aromatic heterocycles. The van der Waals surface area contributed by atoms with Crippen molar-refractivity contribution in [2.45, 2.75) is 19.3 Å². The van der Waals surface area contributed by atoms with E-state index < -0.39 is 5.97 Å². The maximum atomic E-state index is 11.4. The van der Waals surface area contributed by atoms with Crippen LogP contribution in [0.5, 0.6) is 5.75 Å². The molecule has 5 heteroatoms. The van der Waals surface area contributed by atoms with Crippen LogP contribution in [0.4, 0.5) is 0 Å². The van der Waals surface area contributed by atoms with Gasteiger partial charge in [-0.15, -0.1) is 0 Å². The van der Waals surface area contributed by atoms with E-state index in [0.717, 1.165) is 5.56 Å². The smallest absolute Gasteiger partial charge is 0.303 e. The molecule has 1 aromatic carbocycles. The lowest BCUT2D eigenvalue weighted by Crippen LogP contribution is -2.26. The van der Waals surface area contributed by atoms with Gasteiger partial charge in [-0.25, -0.2) is 0 Å². The number of nitrogens with one attached hydrogen (secondary N) is 1. The van der Waals surface area contributed by atoms with Crippen molar-refractivity contribution in [3.8, 4) is 5.75 Å². The summed E-state index contributed by atoms with van der Waals surface area (Å²) in [6.07, 6.45) is 0.648. The normalized spacial score (nSPS) is 9.88. The van der Waals surface area contributed by atoms with E-state index in [9.17, 15) is 14.7 Å². The van der Waals surface area contributed by atoms with Crippen LogP contribution in [0.1, 0.15) is 18.4 Å². The summed E-state index contributed by atoms with van der Waals surface area (Å²) < 4.78 is 0. The number of aliphatic carboxylic acids is 1. The first-order valence-corrected chi connectivity index (χ1v) is 5.34. The minimum Gasteiger partial charge on any atom is -0.508 e. The maximum absolute atomic E-state index is 11.4. The SMILES string of the molecule is O=C(O)CCCNC(=O)Cc1cccc(O)c1. The quantitative estimate of drug-likeness (QED) is 0.642. The average molecular weight is 237 g/mol. The molecule has 17 heavy (non-hydrogen) atoms. The summed E-state index contributed by atoms with van der Waals surface area (Å²) in [4.78, 5) is 21.7. The third-order valence-corrected chi connectivity index (χ3v) is 2.16. The first-order chi connectivity index (χ1) is 8.08. The number of carboxylic acid groups (broad SMARTS) is 1. The molecule has 0 aliphatic carbocycles. The molecule has 1 amide bonds. The molecule has 0 heterocycles. The van der Waals surface area contributed by atoms with Crippen LogP contribution in [0.15, 0.2) is 24.3 Å². The van der Waals surface area contributed by atoms with Gasteiger partial charge in [0.25, 0.3) is 0 Å². The minimum absolute atomic E-state index is 0.0480. The van der Waals surface area contributed by atoms with Crippen LogP contribution >= 0.6 is 0 Å². The Bertz CT molecular complexity index is 403. The van der Waals surface area contributed by atoms with Gasteiger partial charge in [0.15, 0.2) is 0 Å². The molecule has 0 spiro atoms. The Morgan fingerprint density at radius 3 is 2.71 bits per heavy atom. The second-order valence-corrected chi connectivity index (χ2v) is 3.69. The van der Waals surface area contributed by atoms with E-state index in [2.05, 4.69) is 5.32 Å². The number of carbonyl (C=O) groups is 2. The molecule has 0 saturated carbocycles. The highest BCUT2D eigenvalue weighted by Gasteiger charge is 2.04. The fourth-order valence-electron chi connectivity index (χ4n) is 1.38. The van der Waals surface area contributed by atoms with Crippen LogP contribution in [0.3, 0.4) is 0 Å². The van der Waals surface area contributed by atoms with E-state index in [4.69, 9.17) is 5.11 Å². The van der Waals surface area contributed by atoms with Gasteiger partial charge in [-0.3, -0.25) is 9.59 Å². The highest BCUT2D eigenvalue weighted by atomic mass is 16.4. The van der Waals surface area contributed by atoms with Gasteiger partial charge < -0.3 is 15.5 Å². The maximum Gasteiger partial charge on any atom is 0.303 e. The first kappa shape index (κ1) is 13.0. The van der Waals surface area contributed by atoms with Crippen molar-refractivity contribution in [2.24, 2.45) is 0 Å². The zero-order chi connectivity index (χ0) is 12.7. The summed E-state index contributed by atoms with van der Waals surface area (Å²) in [5.74, 6) is -0.922. The van der Waals surface area contributed by atoms with Gasteiger partial charge in [0.2, 0.25) is 5.91 Å². The second-order valence-electron chi connectivity index (χ2n) is 3.69. The molecule has 92 valence electrons. The summed E-state index contributed by atoms with van der Waals surface area (Å²) in [6.45, 7) is 0.351. The topological polar surface area (TPSA) is 86.6 Å². The number of carbonyl (C=O) groups excluding carboxylic acids is 1. The monoisotopic (exact) mass is 237 g/mol. The Hall–Kier alpha value is -2.04. The molecular weight excluding hydrogens is 222 g/mol. The summed E-state index contributed by atoms with van der Waals surface area (Å²) >= 11 is 0. The first-order valence-electron chi connectivity index (χ1n) is 5.34. The van der Waals surface area contributed by atoms with Crippen LogP contribution < -0.4 is 5.32 Å². The number of benzene rings is 1. The van der Waals surface area contributed by atoms with E-state index in [0.29, 0.717) is 13.0 Å². The number of phenolic OH excluding ortho intramolecular Hbond substituents is 1. The predicted molar refractivity (Wildman–Crippen MR) is 61.7 cm³/mol. The summed E-state index contributed by atoms with van der Waals surface area (Å²) in [5, 5.41) is 20.2. The standard InChI is InChI=1S/C12H15NO4/c14-10-4-1-3-9(7-10)8-11(15)13-6-2-5-12(16)17/h1,3-4,7,14H,2,5-6,8H2,(H,13,15)(H,16,17). The highest BCUT2D eigenvalue weighted by Crippen LogP contribution is 2.11. The zero-order valence-corrected chi connectivity index (χ0v) is 9.35. The number of aromatic hydroxyl groups is 1. The number of carboxylic acids is 1. The van der Waals surface area contributed by atoms with Gasteiger partial charge in [0, 0.05) is 13.0 Å². The van der Waals surface area contributed by atoms with Crippen molar-refractivity contribution in [1.29, 1.82) is 0 Å². The van der Waals surface area contributed by atoms with Crippen LogP contribution in [-0.4, -0.2) is 28.6 Å². The van der Waals surface area contributed by atoms with Crippen LogP contribution in [0, 0.1) is 0 Å². The third kappa shape index (κ3) is 5.55. The van der Waals surface area contributed by atoms with E-state index in [1.165, 1.54) is 12.1 Å². The third-order valence-electron chi connectivity index (χ3n) is 2.16. The fourth-order valence-corrected chi connectivity index (χ4v) is 1.38. The van der Waals surface area contributed by atoms with Crippen molar-refractivity contribution < 1.29 is 19.8 Å². The Morgan fingerprint density at radius 2 is 2.06 bits per heavy atom. The molecule has 0 aliphatic heterocycles. The summed E-state index contributed by atoms with van der Waals surface area (Å²) in [6, 6.07) is 6.48. The molecule has 1 rings (SSSR count). The van der Waals surface area contributed by atoms with Gasteiger partial charge in [0.1, 0.15) is 5.75 Å². The molecule has 0 atom stereocenters. The molecule has 5 nitrogen and oxygen atoms in total. The van der Waals surface area contributed by atoms with Crippen molar-refractivity contribution in [1.82, 2.24) is 5.32 Å². The highest BCUT2D eigenvalue weighted by molar-refractivity contribution is 5.78. The second kappa shape index (κ2) is 6.52. The van der Waals surface area contributed by atoms with Crippen LogP contribution in [-0.2, 0) is 16.0 Å². The Morgan fingerprint density at radius 1 is 1.29 bits per heavy atom. The van der Waals surface area contributed by atoms with Crippen molar-refractivity contribution >= 4 is 11.9 Å². The van der Waals surface area contributed by atoms with Crippen molar-refractivity contribution in [2.75, 3.05) is 6.54 Å². The summed E-state index contributed by atoms with van der Waals surface area (Å²) in [7, 11) is 0. The van der Waals surface area contributed by atoms with Gasteiger partial charge in [-0.05, 0) is 24.1 Å². The predicted octanol–water partition coefficient (Wildman–Crippen LogP) is 0.916. The lowest BCUT2D eigenvalue weighted by molar-refractivity contribution is -0.137.